The van der Waals surface area contributed by atoms with Crippen LogP contribution in [0.2, 0.25) is 0 Å². The van der Waals surface area contributed by atoms with Gasteiger partial charge in [-0.15, -0.1) is 0 Å². The number of benzene rings is 2. The van der Waals surface area contributed by atoms with Crippen LogP contribution in [0, 0.1) is 12.7 Å². The number of aryl methyl sites for hydroxylation is 1. The number of carbonyl (C=O) groups excluding carboxylic acids is 2. The molecule has 0 radical (unpaired) electrons. The van der Waals surface area contributed by atoms with E-state index in [1.807, 2.05) is 49.9 Å². The maximum Gasteiger partial charge on any atom is 0.278 e. The number of hydrogen-bond acceptors (Lipinski definition) is 4. The summed E-state index contributed by atoms with van der Waals surface area (Å²) in [7, 11) is 0. The lowest BCUT2D eigenvalue weighted by molar-refractivity contribution is -0.139. The predicted molar refractivity (Wildman–Crippen MR) is 112 cm³/mol. The number of hydrogen-bond donors (Lipinski definition) is 0. The molecule has 1 fully saturated rings. The zero-order valence-corrected chi connectivity index (χ0v) is 17.4. The van der Waals surface area contributed by atoms with Crippen molar-refractivity contribution in [3.63, 3.8) is 0 Å². The predicted octanol–water partition coefficient (Wildman–Crippen LogP) is 3.52. The maximum absolute atomic E-state index is 13.4. The third-order valence-corrected chi connectivity index (χ3v) is 5.47. The van der Waals surface area contributed by atoms with Crippen LogP contribution < -0.4 is 0 Å². The molecule has 2 aromatic rings. The fourth-order valence-electron chi connectivity index (χ4n) is 4.11. The van der Waals surface area contributed by atoms with Crippen molar-refractivity contribution >= 4 is 17.4 Å². The summed E-state index contributed by atoms with van der Waals surface area (Å²) in [4.78, 5) is 30.1. The highest BCUT2D eigenvalue weighted by Gasteiger charge is 2.43. The average Bonchev–Trinajstić information content (AvgIpc) is 2.94. The number of halogens is 1. The lowest BCUT2D eigenvalue weighted by atomic mass is 10.0. The van der Waals surface area contributed by atoms with Crippen molar-refractivity contribution in [3.8, 4) is 0 Å². The number of amides is 2. The summed E-state index contributed by atoms with van der Waals surface area (Å²) in [5.74, 6) is -0.996. The maximum atomic E-state index is 13.4. The van der Waals surface area contributed by atoms with Crippen molar-refractivity contribution < 1.29 is 18.7 Å². The molecule has 0 N–H and O–H groups in total. The molecule has 1 saturated heterocycles. The molecule has 4 rings (SSSR count). The first kappa shape index (κ1) is 20.3. The van der Waals surface area contributed by atoms with Crippen LogP contribution >= 0.6 is 0 Å². The normalized spacial score (nSPS) is 22.3. The second-order valence-electron chi connectivity index (χ2n) is 8.07. The number of ether oxygens (including phenoxy) is 1. The Hall–Kier alpha value is -2.99. The van der Waals surface area contributed by atoms with Gasteiger partial charge >= 0.3 is 0 Å². The minimum absolute atomic E-state index is 0.0467. The molecule has 6 heteroatoms. The van der Waals surface area contributed by atoms with E-state index in [0.29, 0.717) is 29.9 Å². The van der Waals surface area contributed by atoms with Gasteiger partial charge in [-0.2, -0.15) is 0 Å². The molecule has 2 amide bonds. The van der Waals surface area contributed by atoms with E-state index in [1.54, 1.807) is 12.1 Å². The highest BCUT2D eigenvalue weighted by Crippen LogP contribution is 2.34. The smallest absolute Gasteiger partial charge is 0.278 e. The van der Waals surface area contributed by atoms with Crippen LogP contribution in [0.3, 0.4) is 0 Å². The third-order valence-electron chi connectivity index (χ3n) is 5.47. The molecule has 0 saturated carbocycles. The van der Waals surface area contributed by atoms with Gasteiger partial charge in [0, 0.05) is 13.1 Å². The largest absolute Gasteiger partial charge is 0.372 e. The van der Waals surface area contributed by atoms with E-state index in [4.69, 9.17) is 4.74 Å². The number of carbonyl (C=O) groups is 2. The van der Waals surface area contributed by atoms with E-state index >= 15 is 0 Å². The molecule has 156 valence electrons. The standard InChI is InChI=1S/C24H25FN2O3/c1-15-4-8-19(9-5-15)21-22(26-12-16(2)30-17(3)13-26)24(29)27(23(21)28)14-18-6-10-20(25)11-7-18/h4-11,16-17H,12-14H2,1-3H3. The highest BCUT2D eigenvalue weighted by molar-refractivity contribution is 6.35. The monoisotopic (exact) mass is 408 g/mol. The number of nitrogens with zero attached hydrogens (tertiary/aromatic N) is 2. The molecule has 0 aliphatic carbocycles. The highest BCUT2D eigenvalue weighted by atomic mass is 19.1. The van der Waals surface area contributed by atoms with E-state index in [1.165, 1.54) is 17.0 Å². The van der Waals surface area contributed by atoms with Crippen LogP contribution in [0.5, 0.6) is 0 Å². The molecule has 30 heavy (non-hydrogen) atoms. The summed E-state index contributed by atoms with van der Waals surface area (Å²) in [6, 6.07) is 13.5. The van der Waals surface area contributed by atoms with Crippen molar-refractivity contribution in [2.45, 2.75) is 39.5 Å². The Morgan fingerprint density at radius 2 is 1.53 bits per heavy atom. The summed E-state index contributed by atoms with van der Waals surface area (Å²) in [6.45, 7) is 7.09. The van der Waals surface area contributed by atoms with Gasteiger partial charge < -0.3 is 9.64 Å². The van der Waals surface area contributed by atoms with Crippen LogP contribution in [0.4, 0.5) is 4.39 Å². The van der Waals surface area contributed by atoms with Crippen LogP contribution in [-0.2, 0) is 20.9 Å². The van der Waals surface area contributed by atoms with Crippen LogP contribution in [0.1, 0.15) is 30.5 Å². The van der Waals surface area contributed by atoms with Crippen molar-refractivity contribution in [1.82, 2.24) is 9.80 Å². The number of imide groups is 1. The van der Waals surface area contributed by atoms with Gasteiger partial charge in [-0.3, -0.25) is 14.5 Å². The van der Waals surface area contributed by atoms with Crippen LogP contribution in [0.15, 0.2) is 54.2 Å². The van der Waals surface area contributed by atoms with Gasteiger partial charge in [-0.05, 0) is 44.0 Å². The summed E-state index contributed by atoms with van der Waals surface area (Å²) < 4.78 is 19.1. The summed E-state index contributed by atoms with van der Waals surface area (Å²) >= 11 is 0. The first-order valence-electron chi connectivity index (χ1n) is 10.2. The van der Waals surface area contributed by atoms with Crippen molar-refractivity contribution in [3.05, 3.63) is 76.7 Å². The van der Waals surface area contributed by atoms with Crippen molar-refractivity contribution in [2.24, 2.45) is 0 Å². The summed E-state index contributed by atoms with van der Waals surface area (Å²) in [5.41, 5.74) is 3.35. The van der Waals surface area contributed by atoms with Gasteiger partial charge in [-0.25, -0.2) is 4.39 Å². The Morgan fingerprint density at radius 1 is 0.933 bits per heavy atom. The second kappa shape index (κ2) is 8.03. The van der Waals surface area contributed by atoms with E-state index in [-0.39, 0.29) is 36.4 Å². The number of rotatable bonds is 4. The Labute approximate surface area is 175 Å². The molecular weight excluding hydrogens is 383 g/mol. The zero-order chi connectivity index (χ0) is 21.4. The van der Waals surface area contributed by atoms with E-state index in [0.717, 1.165) is 11.1 Å². The Bertz CT molecular complexity index is 988. The van der Waals surface area contributed by atoms with Gasteiger partial charge in [-0.1, -0.05) is 42.0 Å². The van der Waals surface area contributed by atoms with Crippen LogP contribution in [0.25, 0.3) is 5.57 Å². The van der Waals surface area contributed by atoms with Gasteiger partial charge in [0.05, 0.1) is 24.3 Å². The third kappa shape index (κ3) is 3.87. The topological polar surface area (TPSA) is 49.9 Å². The minimum Gasteiger partial charge on any atom is -0.372 e. The zero-order valence-electron chi connectivity index (χ0n) is 17.4. The molecular formula is C24H25FN2O3. The average molecular weight is 408 g/mol. The first-order chi connectivity index (χ1) is 14.3. The lowest BCUT2D eigenvalue weighted by Gasteiger charge is -2.37. The molecule has 0 spiro atoms. The van der Waals surface area contributed by atoms with E-state index in [9.17, 15) is 14.0 Å². The molecule has 2 aliphatic heterocycles. The molecule has 0 bridgehead atoms. The minimum atomic E-state index is -0.353. The summed E-state index contributed by atoms with van der Waals surface area (Å²) in [5, 5.41) is 0. The van der Waals surface area contributed by atoms with Crippen LogP contribution in [-0.4, -0.2) is 46.9 Å². The Balaban J connectivity index is 1.74. The molecule has 2 aliphatic rings. The Kier molecular flexibility index (Phi) is 5.43. The van der Waals surface area contributed by atoms with Crippen molar-refractivity contribution in [1.29, 1.82) is 0 Å². The molecule has 2 unspecified atom stereocenters. The molecule has 2 atom stereocenters. The van der Waals surface area contributed by atoms with E-state index in [2.05, 4.69) is 0 Å². The fourth-order valence-corrected chi connectivity index (χ4v) is 4.11. The molecule has 5 nitrogen and oxygen atoms in total. The van der Waals surface area contributed by atoms with E-state index < -0.39 is 0 Å². The quantitative estimate of drug-likeness (QED) is 0.727. The summed E-state index contributed by atoms with van der Waals surface area (Å²) in [6.07, 6.45) is -0.0934. The molecule has 2 aromatic carbocycles. The van der Waals surface area contributed by atoms with Gasteiger partial charge in [0.2, 0.25) is 0 Å². The van der Waals surface area contributed by atoms with Gasteiger partial charge in [0.25, 0.3) is 11.8 Å². The van der Waals surface area contributed by atoms with Gasteiger partial charge in [0.15, 0.2) is 0 Å². The lowest BCUT2D eigenvalue weighted by Crippen LogP contribution is -2.46. The number of morpholine rings is 1. The first-order valence-corrected chi connectivity index (χ1v) is 10.2. The van der Waals surface area contributed by atoms with Crippen molar-refractivity contribution in [2.75, 3.05) is 13.1 Å². The second-order valence-corrected chi connectivity index (χ2v) is 8.07. The van der Waals surface area contributed by atoms with Gasteiger partial charge in [0.1, 0.15) is 11.5 Å². The SMILES string of the molecule is Cc1ccc(C2=C(N3CC(C)OC(C)C3)C(=O)N(Cc3ccc(F)cc3)C2=O)cc1. The fraction of sp³-hybridized carbons (Fsp3) is 0.333. The molecule has 0 aromatic heterocycles. The Morgan fingerprint density at radius 3 is 2.13 bits per heavy atom. The molecule has 2 heterocycles.